The van der Waals surface area contributed by atoms with Crippen LogP contribution in [-0.2, 0) is 4.74 Å². The number of benzene rings is 1. The summed E-state index contributed by atoms with van der Waals surface area (Å²) in [5.41, 5.74) is 9.01. The number of nitrogens with two attached hydrogens (primary N) is 1. The molecule has 3 N–H and O–H groups in total. The number of ether oxygens (including phenoxy) is 1. The molecule has 1 rings (SSSR count). The summed E-state index contributed by atoms with van der Waals surface area (Å²) in [6, 6.07) is 3.77. The molecule has 0 heterocycles. The lowest BCUT2D eigenvalue weighted by molar-refractivity contribution is 0.0535. The minimum absolute atomic E-state index is 0.248. The summed E-state index contributed by atoms with van der Waals surface area (Å²) in [4.78, 5) is 11.4. The Morgan fingerprint density at radius 3 is 2.35 bits per heavy atom. The van der Waals surface area contributed by atoms with Crippen LogP contribution in [0.4, 0.5) is 10.5 Å². The minimum atomic E-state index is -0.498. The number of nitrogens with one attached hydrogen (secondary N) is 1. The average Bonchev–Trinajstić information content (AvgIpc) is 2.23. The van der Waals surface area contributed by atoms with Gasteiger partial charge in [0.25, 0.3) is 0 Å². The number of carbonyl (C=O) groups excluding carboxylic acids is 1. The number of hydrogen-bond acceptors (Lipinski definition) is 3. The average molecular weight is 274 g/mol. The Bertz CT molecular complexity index is 537. The lowest BCUT2D eigenvalue weighted by atomic mass is 10.0. The van der Waals surface area contributed by atoms with Crippen molar-refractivity contribution in [2.45, 2.75) is 40.2 Å². The van der Waals surface area contributed by atoms with E-state index in [9.17, 15) is 4.79 Å². The Hall–Kier alpha value is -2.15. The Morgan fingerprint density at radius 2 is 1.85 bits per heavy atom. The van der Waals surface area contributed by atoms with Crippen LogP contribution in [0.3, 0.4) is 0 Å². The second-order valence-corrected chi connectivity index (χ2v) is 5.69. The van der Waals surface area contributed by atoms with Gasteiger partial charge in [0.1, 0.15) is 5.60 Å². The summed E-state index contributed by atoms with van der Waals surface area (Å²) in [6.07, 6.45) is -0.461. The fourth-order valence-electron chi connectivity index (χ4n) is 1.76. The van der Waals surface area contributed by atoms with Gasteiger partial charge in [0, 0.05) is 11.3 Å². The van der Waals surface area contributed by atoms with E-state index in [4.69, 9.17) is 10.5 Å². The minimum Gasteiger partial charge on any atom is -0.444 e. The van der Waals surface area contributed by atoms with Crippen LogP contribution in [0.5, 0.6) is 0 Å². The smallest absolute Gasteiger partial charge is 0.408 e. The van der Waals surface area contributed by atoms with Crippen LogP contribution >= 0.6 is 0 Å². The molecular weight excluding hydrogens is 252 g/mol. The van der Waals surface area contributed by atoms with Gasteiger partial charge in [-0.05, 0) is 57.9 Å². The highest BCUT2D eigenvalue weighted by atomic mass is 16.6. The molecule has 0 atom stereocenters. The van der Waals surface area contributed by atoms with Crippen molar-refractivity contribution in [2.75, 3.05) is 12.3 Å². The Labute approximate surface area is 120 Å². The van der Waals surface area contributed by atoms with E-state index in [1.807, 2.05) is 46.8 Å². The van der Waals surface area contributed by atoms with Crippen LogP contribution in [0.15, 0.2) is 12.1 Å². The molecule has 108 valence electrons. The highest BCUT2D eigenvalue weighted by molar-refractivity contribution is 5.68. The lowest BCUT2D eigenvalue weighted by Gasteiger charge is -2.19. The van der Waals surface area contributed by atoms with E-state index in [2.05, 4.69) is 17.2 Å². The van der Waals surface area contributed by atoms with Crippen LogP contribution in [0.25, 0.3) is 0 Å². The second kappa shape index (κ2) is 6.33. The van der Waals surface area contributed by atoms with E-state index in [1.54, 1.807) is 0 Å². The molecule has 0 saturated carbocycles. The molecule has 4 heteroatoms. The number of carbonyl (C=O) groups is 1. The zero-order chi connectivity index (χ0) is 15.3. The number of hydrogen-bond donors (Lipinski definition) is 2. The maximum atomic E-state index is 11.4. The first-order chi connectivity index (χ1) is 9.19. The highest BCUT2D eigenvalue weighted by Gasteiger charge is 2.15. The molecule has 0 aliphatic carbocycles. The van der Waals surface area contributed by atoms with Gasteiger partial charge in [0.15, 0.2) is 0 Å². The van der Waals surface area contributed by atoms with Gasteiger partial charge in [-0.25, -0.2) is 4.79 Å². The maximum absolute atomic E-state index is 11.4. The molecule has 0 fully saturated rings. The molecule has 1 amide bonds. The van der Waals surface area contributed by atoms with Gasteiger partial charge >= 0.3 is 6.09 Å². The highest BCUT2D eigenvalue weighted by Crippen LogP contribution is 2.16. The van der Waals surface area contributed by atoms with Gasteiger partial charge in [-0.15, -0.1) is 0 Å². The first-order valence-corrected chi connectivity index (χ1v) is 6.51. The molecule has 0 spiro atoms. The van der Waals surface area contributed by atoms with Gasteiger partial charge in [0.2, 0.25) is 0 Å². The molecule has 1 aromatic carbocycles. The molecule has 0 aliphatic rings. The molecule has 0 aromatic heterocycles. The Kier molecular flexibility index (Phi) is 5.04. The molecule has 0 bridgehead atoms. The van der Waals surface area contributed by atoms with E-state index in [0.29, 0.717) is 0 Å². The molecule has 1 aromatic rings. The quantitative estimate of drug-likeness (QED) is 0.611. The predicted molar refractivity (Wildman–Crippen MR) is 81.4 cm³/mol. The largest absolute Gasteiger partial charge is 0.444 e. The van der Waals surface area contributed by atoms with Gasteiger partial charge in [-0.3, -0.25) is 0 Å². The normalized spacial score (nSPS) is 10.4. The third-order valence-corrected chi connectivity index (χ3v) is 2.49. The molecule has 4 nitrogen and oxygen atoms in total. The maximum Gasteiger partial charge on any atom is 0.408 e. The number of rotatable bonds is 1. The predicted octanol–water partition coefficient (Wildman–Crippen LogP) is 2.76. The molecule has 0 unspecified atom stereocenters. The van der Waals surface area contributed by atoms with Crippen LogP contribution in [0.1, 0.15) is 37.5 Å². The second-order valence-electron chi connectivity index (χ2n) is 5.69. The van der Waals surface area contributed by atoms with E-state index in [1.165, 1.54) is 0 Å². The van der Waals surface area contributed by atoms with E-state index >= 15 is 0 Å². The monoisotopic (exact) mass is 274 g/mol. The number of nitrogen functional groups attached to an aromatic ring is 1. The van der Waals surface area contributed by atoms with Crippen molar-refractivity contribution in [3.8, 4) is 11.8 Å². The van der Waals surface area contributed by atoms with Crippen LogP contribution < -0.4 is 11.1 Å². The molecular formula is C16H22N2O2. The first kappa shape index (κ1) is 15.9. The molecule has 0 saturated heterocycles. The van der Waals surface area contributed by atoms with Gasteiger partial charge < -0.3 is 15.8 Å². The number of amides is 1. The van der Waals surface area contributed by atoms with Gasteiger partial charge in [-0.1, -0.05) is 11.8 Å². The third kappa shape index (κ3) is 5.23. The van der Waals surface area contributed by atoms with Crippen molar-refractivity contribution in [2.24, 2.45) is 0 Å². The number of anilines is 1. The lowest BCUT2D eigenvalue weighted by Crippen LogP contribution is -2.32. The Morgan fingerprint density at radius 1 is 1.30 bits per heavy atom. The van der Waals surface area contributed by atoms with E-state index < -0.39 is 11.7 Å². The van der Waals surface area contributed by atoms with Crippen molar-refractivity contribution in [1.29, 1.82) is 0 Å². The molecule has 20 heavy (non-hydrogen) atoms. The van der Waals surface area contributed by atoms with Crippen LogP contribution in [-0.4, -0.2) is 18.2 Å². The van der Waals surface area contributed by atoms with Gasteiger partial charge in [0.05, 0.1) is 6.54 Å². The van der Waals surface area contributed by atoms with Gasteiger partial charge in [-0.2, -0.15) is 0 Å². The summed E-state index contributed by atoms with van der Waals surface area (Å²) in [6.45, 7) is 9.64. The first-order valence-electron chi connectivity index (χ1n) is 6.51. The molecule has 0 radical (unpaired) electrons. The van der Waals surface area contributed by atoms with Crippen LogP contribution in [0.2, 0.25) is 0 Å². The number of aryl methyl sites for hydroxylation is 2. The zero-order valence-electron chi connectivity index (χ0n) is 12.8. The zero-order valence-corrected chi connectivity index (χ0v) is 12.8. The topological polar surface area (TPSA) is 64.3 Å². The number of alkyl carbamates (subject to hydrolysis) is 1. The summed E-state index contributed by atoms with van der Waals surface area (Å²) >= 11 is 0. The van der Waals surface area contributed by atoms with Crippen LogP contribution in [0, 0.1) is 25.7 Å². The van der Waals surface area contributed by atoms with Crippen molar-refractivity contribution >= 4 is 11.8 Å². The van der Waals surface area contributed by atoms with Crippen molar-refractivity contribution in [3.05, 3.63) is 28.8 Å². The molecule has 0 aliphatic heterocycles. The van der Waals surface area contributed by atoms with E-state index in [-0.39, 0.29) is 6.54 Å². The standard InChI is InChI=1S/C16H22N2O2/c1-11-9-13(17)10-12(2)14(11)7-6-8-18-15(19)20-16(3,4)5/h9-10H,8,17H2,1-5H3,(H,18,19). The summed E-state index contributed by atoms with van der Waals surface area (Å²) in [5.74, 6) is 5.97. The summed E-state index contributed by atoms with van der Waals surface area (Å²) in [5, 5.41) is 2.60. The van der Waals surface area contributed by atoms with Crippen molar-refractivity contribution < 1.29 is 9.53 Å². The third-order valence-electron chi connectivity index (χ3n) is 2.49. The Balaban J connectivity index is 2.62. The van der Waals surface area contributed by atoms with E-state index in [0.717, 1.165) is 22.4 Å². The fraction of sp³-hybridized carbons (Fsp3) is 0.438. The fourth-order valence-corrected chi connectivity index (χ4v) is 1.76. The SMILES string of the molecule is Cc1cc(N)cc(C)c1C#CCNC(=O)OC(C)(C)C. The van der Waals surface area contributed by atoms with Crippen molar-refractivity contribution in [3.63, 3.8) is 0 Å². The van der Waals surface area contributed by atoms with Crippen molar-refractivity contribution in [1.82, 2.24) is 5.32 Å². The summed E-state index contributed by atoms with van der Waals surface area (Å²) < 4.78 is 5.12. The summed E-state index contributed by atoms with van der Waals surface area (Å²) in [7, 11) is 0.